The topological polar surface area (TPSA) is 45.6 Å². The van der Waals surface area contributed by atoms with E-state index in [2.05, 4.69) is 9.98 Å². The molecule has 2 heterocycles. The van der Waals surface area contributed by atoms with E-state index in [4.69, 9.17) is 0 Å². The third kappa shape index (κ3) is 3.51. The van der Waals surface area contributed by atoms with Crippen LogP contribution in [0.3, 0.4) is 0 Å². The lowest BCUT2D eigenvalue weighted by Gasteiger charge is -2.19. The van der Waals surface area contributed by atoms with Crippen molar-refractivity contribution in [2.45, 2.75) is 19.9 Å². The summed E-state index contributed by atoms with van der Waals surface area (Å²) >= 11 is 1.41. The molecule has 0 saturated carbocycles. The van der Waals surface area contributed by atoms with Crippen LogP contribution >= 0.6 is 11.8 Å². The first-order valence-electron chi connectivity index (χ1n) is 7.42. The van der Waals surface area contributed by atoms with Crippen molar-refractivity contribution in [1.29, 1.82) is 0 Å². The number of carbonyl (C=O) groups is 1. The van der Waals surface area contributed by atoms with Gasteiger partial charge in [-0.25, -0.2) is 4.99 Å². The summed E-state index contributed by atoms with van der Waals surface area (Å²) in [5, 5.41) is 0.719. The maximum atomic E-state index is 12.7. The lowest BCUT2D eigenvalue weighted by atomic mass is 10.2. The van der Waals surface area contributed by atoms with Crippen LogP contribution in [0.15, 0.2) is 64.8 Å². The highest BCUT2D eigenvalue weighted by atomic mass is 32.2. The molecule has 0 atom stereocenters. The first-order chi connectivity index (χ1) is 11.1. The van der Waals surface area contributed by atoms with Crippen molar-refractivity contribution in [3.63, 3.8) is 0 Å². The van der Waals surface area contributed by atoms with Gasteiger partial charge in [-0.05, 0) is 61.5 Å². The molecule has 1 amide bonds. The van der Waals surface area contributed by atoms with E-state index in [0.717, 1.165) is 16.4 Å². The zero-order chi connectivity index (χ0) is 16.2. The number of amides is 1. The molecule has 1 saturated heterocycles. The van der Waals surface area contributed by atoms with Crippen LogP contribution in [0.25, 0.3) is 6.08 Å². The summed E-state index contributed by atoms with van der Waals surface area (Å²) in [4.78, 5) is 23.7. The lowest BCUT2D eigenvalue weighted by molar-refractivity contribution is -0.123. The SMILES string of the molecule is CC(C)N1C(=O)/C(=C\c2ccncc2)SC1=Nc1ccccc1. The number of carbonyl (C=O) groups excluding carboxylic acids is 1. The van der Waals surface area contributed by atoms with Crippen LogP contribution in [0.2, 0.25) is 0 Å². The number of hydrogen-bond donors (Lipinski definition) is 0. The Morgan fingerprint density at radius 3 is 2.48 bits per heavy atom. The van der Waals surface area contributed by atoms with Gasteiger partial charge in [-0.15, -0.1) is 0 Å². The molecule has 0 N–H and O–H groups in total. The second-order valence-corrected chi connectivity index (χ2v) is 6.40. The second kappa shape index (κ2) is 6.79. The molecule has 2 aromatic rings. The number of benzene rings is 1. The summed E-state index contributed by atoms with van der Waals surface area (Å²) in [7, 11) is 0. The van der Waals surface area contributed by atoms with Crippen molar-refractivity contribution < 1.29 is 4.79 Å². The molecule has 0 bridgehead atoms. The molecule has 1 fully saturated rings. The van der Waals surface area contributed by atoms with Crippen LogP contribution in [0.5, 0.6) is 0 Å². The van der Waals surface area contributed by atoms with E-state index in [1.807, 2.05) is 62.4 Å². The predicted molar refractivity (Wildman–Crippen MR) is 95.3 cm³/mol. The van der Waals surface area contributed by atoms with Gasteiger partial charge in [0, 0.05) is 18.4 Å². The van der Waals surface area contributed by atoms with E-state index in [-0.39, 0.29) is 11.9 Å². The highest BCUT2D eigenvalue weighted by Gasteiger charge is 2.35. The molecule has 1 aromatic carbocycles. The fourth-order valence-electron chi connectivity index (χ4n) is 2.24. The summed E-state index contributed by atoms with van der Waals surface area (Å²) in [6.07, 6.45) is 5.32. The quantitative estimate of drug-likeness (QED) is 0.799. The Bertz CT molecular complexity index is 754. The normalized spacial score (nSPS) is 18.4. The molecular weight excluding hydrogens is 306 g/mol. The van der Waals surface area contributed by atoms with Crippen LogP contribution in [-0.2, 0) is 4.79 Å². The van der Waals surface area contributed by atoms with Crippen LogP contribution < -0.4 is 0 Å². The van der Waals surface area contributed by atoms with E-state index in [1.165, 1.54) is 11.8 Å². The van der Waals surface area contributed by atoms with Gasteiger partial charge in [-0.1, -0.05) is 18.2 Å². The molecule has 0 spiro atoms. The first-order valence-corrected chi connectivity index (χ1v) is 8.23. The minimum absolute atomic E-state index is 0.00325. The molecule has 4 nitrogen and oxygen atoms in total. The number of aromatic nitrogens is 1. The molecule has 0 aliphatic carbocycles. The Balaban J connectivity index is 1.96. The highest BCUT2D eigenvalue weighted by molar-refractivity contribution is 8.18. The molecule has 1 aliphatic heterocycles. The molecule has 0 radical (unpaired) electrons. The molecule has 116 valence electrons. The number of nitrogens with zero attached hydrogens (tertiary/aromatic N) is 3. The monoisotopic (exact) mass is 323 g/mol. The highest BCUT2D eigenvalue weighted by Crippen LogP contribution is 2.35. The molecule has 23 heavy (non-hydrogen) atoms. The van der Waals surface area contributed by atoms with Crippen molar-refractivity contribution in [2.24, 2.45) is 4.99 Å². The molecule has 5 heteroatoms. The third-order valence-corrected chi connectivity index (χ3v) is 4.32. The number of thioether (sulfide) groups is 1. The maximum Gasteiger partial charge on any atom is 0.266 e. The summed E-state index contributed by atoms with van der Waals surface area (Å²) in [6, 6.07) is 13.5. The summed E-state index contributed by atoms with van der Waals surface area (Å²) in [5.41, 5.74) is 1.80. The van der Waals surface area contributed by atoms with Gasteiger partial charge < -0.3 is 0 Å². The van der Waals surface area contributed by atoms with Crippen LogP contribution in [0.1, 0.15) is 19.4 Å². The maximum absolute atomic E-state index is 12.7. The molecular formula is C18H17N3OS. The largest absolute Gasteiger partial charge is 0.284 e. The second-order valence-electron chi connectivity index (χ2n) is 5.39. The van der Waals surface area contributed by atoms with Crippen molar-refractivity contribution in [1.82, 2.24) is 9.88 Å². The molecule has 3 rings (SSSR count). The summed E-state index contributed by atoms with van der Waals surface area (Å²) in [6.45, 7) is 3.99. The van der Waals surface area contributed by atoms with Gasteiger partial charge >= 0.3 is 0 Å². The van der Waals surface area contributed by atoms with Gasteiger partial charge in [0.05, 0.1) is 10.6 Å². The standard InChI is InChI=1S/C18H17N3OS/c1-13(2)21-17(22)16(12-14-8-10-19-11-9-14)23-18(21)20-15-6-4-3-5-7-15/h3-13H,1-2H3/b16-12+,20-18?. The minimum atomic E-state index is -0.00325. The minimum Gasteiger partial charge on any atom is -0.284 e. The Kier molecular flexibility index (Phi) is 4.57. The number of amidine groups is 1. The average Bonchev–Trinajstić information content (AvgIpc) is 2.85. The van der Waals surface area contributed by atoms with E-state index in [1.54, 1.807) is 17.3 Å². The molecule has 1 aliphatic rings. The lowest BCUT2D eigenvalue weighted by Crippen LogP contribution is -2.35. The van der Waals surface area contributed by atoms with Crippen molar-refractivity contribution in [3.8, 4) is 0 Å². The van der Waals surface area contributed by atoms with Gasteiger partial charge in [-0.2, -0.15) is 0 Å². The fourth-order valence-corrected chi connectivity index (χ4v) is 3.36. The van der Waals surface area contributed by atoms with E-state index >= 15 is 0 Å². The number of para-hydroxylation sites is 1. The Labute approximate surface area is 140 Å². The van der Waals surface area contributed by atoms with Gasteiger partial charge in [0.15, 0.2) is 5.17 Å². The Morgan fingerprint density at radius 2 is 1.83 bits per heavy atom. The number of rotatable bonds is 3. The van der Waals surface area contributed by atoms with Crippen LogP contribution in [0.4, 0.5) is 5.69 Å². The number of hydrogen-bond acceptors (Lipinski definition) is 4. The van der Waals surface area contributed by atoms with E-state index < -0.39 is 0 Å². The zero-order valence-corrected chi connectivity index (χ0v) is 13.8. The Hall–Kier alpha value is -2.40. The van der Waals surface area contributed by atoms with Crippen LogP contribution in [-0.4, -0.2) is 27.0 Å². The van der Waals surface area contributed by atoms with E-state index in [0.29, 0.717) is 4.91 Å². The van der Waals surface area contributed by atoms with Gasteiger partial charge in [0.2, 0.25) is 0 Å². The van der Waals surface area contributed by atoms with Gasteiger partial charge in [-0.3, -0.25) is 14.7 Å². The van der Waals surface area contributed by atoms with Gasteiger partial charge in [0.25, 0.3) is 5.91 Å². The van der Waals surface area contributed by atoms with Crippen molar-refractivity contribution in [2.75, 3.05) is 0 Å². The van der Waals surface area contributed by atoms with E-state index in [9.17, 15) is 4.79 Å². The number of pyridine rings is 1. The molecule has 0 unspecified atom stereocenters. The smallest absolute Gasteiger partial charge is 0.266 e. The number of aliphatic imine (C=N–C) groups is 1. The zero-order valence-electron chi connectivity index (χ0n) is 13.0. The molecule has 1 aromatic heterocycles. The predicted octanol–water partition coefficient (Wildman–Crippen LogP) is 4.09. The Morgan fingerprint density at radius 1 is 1.13 bits per heavy atom. The average molecular weight is 323 g/mol. The summed E-state index contributed by atoms with van der Waals surface area (Å²) in [5.74, 6) is -0.00325. The fraction of sp³-hybridized carbons (Fsp3) is 0.167. The van der Waals surface area contributed by atoms with Crippen LogP contribution in [0, 0.1) is 0 Å². The third-order valence-electron chi connectivity index (χ3n) is 3.34. The van der Waals surface area contributed by atoms with Crippen molar-refractivity contribution >= 4 is 34.6 Å². The van der Waals surface area contributed by atoms with Crippen molar-refractivity contribution in [3.05, 3.63) is 65.3 Å². The van der Waals surface area contributed by atoms with Gasteiger partial charge in [0.1, 0.15) is 0 Å². The summed E-state index contributed by atoms with van der Waals surface area (Å²) < 4.78 is 0. The first kappa shape index (κ1) is 15.5.